The van der Waals surface area contributed by atoms with Crippen LogP contribution >= 0.6 is 11.6 Å². The number of fused-ring (bicyclic) bond motifs is 1. The average Bonchev–Trinajstić information content (AvgIpc) is 3.28. The molecule has 1 amide bonds. The highest BCUT2D eigenvalue weighted by atomic mass is 35.5. The molecule has 4 aromatic rings. The van der Waals surface area contributed by atoms with Crippen molar-refractivity contribution in [3.8, 4) is 22.9 Å². The van der Waals surface area contributed by atoms with E-state index in [1.807, 2.05) is 25.5 Å². The highest BCUT2D eigenvalue weighted by Crippen LogP contribution is 2.37. The van der Waals surface area contributed by atoms with Crippen molar-refractivity contribution in [1.29, 1.82) is 0 Å². The first-order valence-electron chi connectivity index (χ1n) is 10.2. The second kappa shape index (κ2) is 8.03. The molecule has 0 bridgehead atoms. The molecule has 1 saturated carbocycles. The first-order valence-corrected chi connectivity index (χ1v) is 10.5. The molecule has 8 nitrogen and oxygen atoms in total. The fourth-order valence-electron chi connectivity index (χ4n) is 3.41. The zero-order valence-corrected chi connectivity index (χ0v) is 17.7. The molecule has 1 fully saturated rings. The van der Waals surface area contributed by atoms with E-state index in [4.69, 9.17) is 16.3 Å². The van der Waals surface area contributed by atoms with Crippen LogP contribution in [0.5, 0.6) is 11.6 Å². The van der Waals surface area contributed by atoms with E-state index in [0.29, 0.717) is 45.9 Å². The lowest BCUT2D eigenvalue weighted by Gasteiger charge is -2.13. The SMILES string of the molecule is Cn1cc(-c2cn3nccc3c(Oc3cccc(NC(=O)CCC4CC4)c3Cl)n2)cn1. The molecule has 1 aliphatic rings. The summed E-state index contributed by atoms with van der Waals surface area (Å²) in [5.74, 6) is 1.42. The third kappa shape index (κ3) is 4.25. The third-order valence-electron chi connectivity index (χ3n) is 5.28. The van der Waals surface area contributed by atoms with Crippen LogP contribution in [-0.4, -0.2) is 30.3 Å². The zero-order chi connectivity index (χ0) is 21.4. The molecule has 3 heterocycles. The van der Waals surface area contributed by atoms with E-state index in [1.165, 1.54) is 12.8 Å². The van der Waals surface area contributed by atoms with Gasteiger partial charge >= 0.3 is 0 Å². The highest BCUT2D eigenvalue weighted by molar-refractivity contribution is 6.35. The summed E-state index contributed by atoms with van der Waals surface area (Å²) in [5.41, 5.74) is 2.72. The second-order valence-electron chi connectivity index (χ2n) is 7.74. The van der Waals surface area contributed by atoms with Gasteiger partial charge in [-0.2, -0.15) is 10.2 Å². The number of aryl methyl sites for hydroxylation is 1. The largest absolute Gasteiger partial charge is 0.435 e. The Balaban J connectivity index is 1.42. The molecule has 158 valence electrons. The van der Waals surface area contributed by atoms with Gasteiger partial charge in [-0.15, -0.1) is 0 Å². The van der Waals surface area contributed by atoms with Crippen molar-refractivity contribution in [2.75, 3.05) is 5.32 Å². The first-order chi connectivity index (χ1) is 15.1. The molecule has 0 aliphatic heterocycles. The van der Waals surface area contributed by atoms with Crippen LogP contribution in [-0.2, 0) is 11.8 Å². The summed E-state index contributed by atoms with van der Waals surface area (Å²) in [4.78, 5) is 16.9. The molecule has 0 saturated heterocycles. The Morgan fingerprint density at radius 2 is 2.13 bits per heavy atom. The monoisotopic (exact) mass is 436 g/mol. The van der Waals surface area contributed by atoms with E-state index in [0.717, 1.165) is 12.0 Å². The minimum absolute atomic E-state index is 0.0409. The van der Waals surface area contributed by atoms with E-state index >= 15 is 0 Å². The van der Waals surface area contributed by atoms with E-state index < -0.39 is 0 Å². The van der Waals surface area contributed by atoms with E-state index in [2.05, 4.69) is 20.5 Å². The number of hydrogen-bond acceptors (Lipinski definition) is 5. The number of carbonyl (C=O) groups is 1. The zero-order valence-electron chi connectivity index (χ0n) is 17.0. The maximum atomic E-state index is 12.3. The highest BCUT2D eigenvalue weighted by Gasteiger charge is 2.22. The maximum Gasteiger partial charge on any atom is 0.246 e. The quantitative estimate of drug-likeness (QED) is 0.453. The molecular weight excluding hydrogens is 416 g/mol. The Kier molecular flexibility index (Phi) is 5.07. The fourth-order valence-corrected chi connectivity index (χ4v) is 3.62. The normalized spacial score (nSPS) is 13.5. The topological polar surface area (TPSA) is 86.3 Å². The van der Waals surface area contributed by atoms with Gasteiger partial charge < -0.3 is 10.1 Å². The Morgan fingerprint density at radius 1 is 1.26 bits per heavy atom. The van der Waals surface area contributed by atoms with Gasteiger partial charge in [-0.3, -0.25) is 9.48 Å². The molecule has 0 radical (unpaired) electrons. The predicted octanol–water partition coefficient (Wildman–Crippen LogP) is 4.70. The minimum atomic E-state index is -0.0409. The summed E-state index contributed by atoms with van der Waals surface area (Å²) in [6.07, 6.45) is 11.0. The molecule has 5 rings (SSSR count). The van der Waals surface area contributed by atoms with Crippen LogP contribution in [0.4, 0.5) is 5.69 Å². The molecule has 1 aliphatic carbocycles. The average molecular weight is 437 g/mol. The molecule has 1 N–H and O–H groups in total. The van der Waals surface area contributed by atoms with E-state index in [9.17, 15) is 4.79 Å². The van der Waals surface area contributed by atoms with Gasteiger partial charge in [-0.1, -0.05) is 30.5 Å². The van der Waals surface area contributed by atoms with Crippen LogP contribution in [0.15, 0.2) is 49.1 Å². The number of nitrogens with one attached hydrogen (secondary N) is 1. The lowest BCUT2D eigenvalue weighted by molar-refractivity contribution is -0.116. The summed E-state index contributed by atoms with van der Waals surface area (Å²) in [5, 5.41) is 11.7. The lowest BCUT2D eigenvalue weighted by atomic mass is 10.2. The summed E-state index contributed by atoms with van der Waals surface area (Å²) in [7, 11) is 1.84. The van der Waals surface area contributed by atoms with Crippen molar-refractivity contribution < 1.29 is 9.53 Å². The Bertz CT molecular complexity index is 1260. The molecule has 3 aromatic heterocycles. The number of aromatic nitrogens is 5. The Labute approximate surface area is 183 Å². The van der Waals surface area contributed by atoms with Crippen LogP contribution in [0.1, 0.15) is 25.7 Å². The number of anilines is 1. The number of ether oxygens (including phenoxy) is 1. The van der Waals surface area contributed by atoms with Crippen LogP contribution in [0.3, 0.4) is 0 Å². The van der Waals surface area contributed by atoms with Crippen molar-refractivity contribution >= 4 is 28.7 Å². The number of benzene rings is 1. The summed E-state index contributed by atoms with van der Waals surface area (Å²) in [6.45, 7) is 0. The van der Waals surface area contributed by atoms with Gasteiger partial charge in [0, 0.05) is 25.2 Å². The number of carbonyl (C=O) groups excluding carboxylic acids is 1. The number of hydrogen-bond donors (Lipinski definition) is 1. The number of nitrogens with zero attached hydrogens (tertiary/aromatic N) is 5. The molecular formula is C22H21ClN6O2. The van der Waals surface area contributed by atoms with Crippen molar-refractivity contribution in [2.24, 2.45) is 13.0 Å². The van der Waals surface area contributed by atoms with Gasteiger partial charge in [-0.25, -0.2) is 9.50 Å². The third-order valence-corrected chi connectivity index (χ3v) is 5.67. The molecule has 1 aromatic carbocycles. The van der Waals surface area contributed by atoms with Gasteiger partial charge in [0.05, 0.1) is 30.0 Å². The number of rotatable bonds is 7. The lowest BCUT2D eigenvalue weighted by Crippen LogP contribution is -2.12. The predicted molar refractivity (Wildman–Crippen MR) is 117 cm³/mol. The van der Waals surface area contributed by atoms with Crippen LogP contribution in [0.2, 0.25) is 5.02 Å². The molecule has 0 spiro atoms. The Hall–Kier alpha value is -3.39. The van der Waals surface area contributed by atoms with Crippen molar-refractivity contribution in [3.63, 3.8) is 0 Å². The van der Waals surface area contributed by atoms with Crippen molar-refractivity contribution in [2.45, 2.75) is 25.7 Å². The standard InChI is InChI=1S/C22H21ClN6O2/c1-28-12-15(11-25-28)17-13-29-18(9-10-24-29)22(27-17)31-19-4-2-3-16(21(19)23)26-20(30)8-7-14-5-6-14/h2-4,9-14H,5-8H2,1H3,(H,26,30). The summed E-state index contributed by atoms with van der Waals surface area (Å²) < 4.78 is 9.50. The van der Waals surface area contributed by atoms with Crippen LogP contribution in [0.25, 0.3) is 16.8 Å². The maximum absolute atomic E-state index is 12.3. The van der Waals surface area contributed by atoms with Gasteiger partial charge in [0.1, 0.15) is 16.3 Å². The minimum Gasteiger partial charge on any atom is -0.435 e. The number of amides is 1. The van der Waals surface area contributed by atoms with Gasteiger partial charge in [0.2, 0.25) is 11.8 Å². The molecule has 0 atom stereocenters. The molecule has 0 unspecified atom stereocenters. The van der Waals surface area contributed by atoms with E-state index in [1.54, 1.807) is 39.8 Å². The summed E-state index contributed by atoms with van der Waals surface area (Å²) >= 11 is 6.56. The van der Waals surface area contributed by atoms with Gasteiger partial charge in [-0.05, 0) is 30.5 Å². The van der Waals surface area contributed by atoms with Crippen molar-refractivity contribution in [1.82, 2.24) is 24.4 Å². The molecule has 31 heavy (non-hydrogen) atoms. The smallest absolute Gasteiger partial charge is 0.246 e. The van der Waals surface area contributed by atoms with Crippen LogP contribution in [0, 0.1) is 5.92 Å². The molecule has 9 heteroatoms. The van der Waals surface area contributed by atoms with Gasteiger partial charge in [0.15, 0.2) is 0 Å². The van der Waals surface area contributed by atoms with Crippen LogP contribution < -0.4 is 10.1 Å². The van der Waals surface area contributed by atoms with Gasteiger partial charge in [0.25, 0.3) is 0 Å². The summed E-state index contributed by atoms with van der Waals surface area (Å²) in [6, 6.07) is 7.11. The first kappa shape index (κ1) is 19.6. The fraction of sp³-hybridized carbons (Fsp3) is 0.273. The van der Waals surface area contributed by atoms with Crippen molar-refractivity contribution in [3.05, 3.63) is 54.1 Å². The Morgan fingerprint density at radius 3 is 2.90 bits per heavy atom. The van der Waals surface area contributed by atoms with E-state index in [-0.39, 0.29) is 5.91 Å². The second-order valence-corrected chi connectivity index (χ2v) is 8.12. The number of halogens is 1.